The number of aryl methyl sites for hydroxylation is 4. The van der Waals surface area contributed by atoms with E-state index in [1.807, 2.05) is 0 Å². The Kier molecular flexibility index (Phi) is 3.66. The molecule has 0 bridgehead atoms. The lowest BCUT2D eigenvalue weighted by molar-refractivity contribution is 0.899. The Hall–Kier alpha value is -1.90. The maximum Gasteiger partial charge on any atom is 0.162 e. The summed E-state index contributed by atoms with van der Waals surface area (Å²) in [5, 5.41) is 3.42. The monoisotopic (exact) mass is 281 g/mol. The lowest BCUT2D eigenvalue weighted by Crippen LogP contribution is -2.07. The molecule has 0 aliphatic heterocycles. The zero-order valence-corrected chi connectivity index (χ0v) is 13.4. The van der Waals surface area contributed by atoms with Crippen LogP contribution in [0.15, 0.2) is 12.1 Å². The molecule has 1 aromatic carbocycles. The van der Waals surface area contributed by atoms with Gasteiger partial charge in [-0.3, -0.25) is 0 Å². The number of fused-ring (bicyclic) bond motifs is 1. The molecule has 3 nitrogen and oxygen atoms in total. The van der Waals surface area contributed by atoms with E-state index in [4.69, 9.17) is 9.97 Å². The van der Waals surface area contributed by atoms with E-state index in [0.717, 1.165) is 31.0 Å². The van der Waals surface area contributed by atoms with Gasteiger partial charge < -0.3 is 5.32 Å². The fourth-order valence-corrected chi connectivity index (χ4v) is 3.39. The van der Waals surface area contributed by atoms with Gasteiger partial charge in [-0.15, -0.1) is 0 Å². The highest BCUT2D eigenvalue weighted by molar-refractivity contribution is 5.68. The summed E-state index contributed by atoms with van der Waals surface area (Å²) in [4.78, 5) is 9.70. The minimum absolute atomic E-state index is 0.876. The summed E-state index contributed by atoms with van der Waals surface area (Å²) in [6, 6.07) is 4.43. The molecule has 0 fully saturated rings. The standard InChI is InChI=1S/C18H23N3/c1-5-19-17-14-7-6-8-15(14)20-18(21-17)16-12(3)9-11(2)10-13(16)4/h9-10H,5-8H2,1-4H3,(H,19,20,21). The van der Waals surface area contributed by atoms with Crippen molar-refractivity contribution in [3.63, 3.8) is 0 Å². The van der Waals surface area contributed by atoms with Gasteiger partial charge in [0.05, 0.1) is 0 Å². The van der Waals surface area contributed by atoms with E-state index >= 15 is 0 Å². The Morgan fingerprint density at radius 2 is 1.76 bits per heavy atom. The SMILES string of the molecule is CCNc1nc(-c2c(C)cc(C)cc2C)nc2c1CCC2. The van der Waals surface area contributed by atoms with Gasteiger partial charge in [0, 0.05) is 23.4 Å². The van der Waals surface area contributed by atoms with E-state index in [1.54, 1.807) is 0 Å². The van der Waals surface area contributed by atoms with Crippen LogP contribution in [0.5, 0.6) is 0 Å². The minimum atomic E-state index is 0.876. The maximum atomic E-state index is 4.87. The molecule has 110 valence electrons. The van der Waals surface area contributed by atoms with Crippen molar-refractivity contribution in [3.05, 3.63) is 40.1 Å². The Bertz CT molecular complexity index is 666. The highest BCUT2D eigenvalue weighted by Gasteiger charge is 2.20. The Balaban J connectivity index is 2.18. The number of rotatable bonds is 3. The minimum Gasteiger partial charge on any atom is -0.370 e. The Morgan fingerprint density at radius 1 is 1.05 bits per heavy atom. The summed E-state index contributed by atoms with van der Waals surface area (Å²) in [6.45, 7) is 9.45. The molecule has 0 radical (unpaired) electrons. The zero-order valence-electron chi connectivity index (χ0n) is 13.4. The first kappa shape index (κ1) is 14.1. The van der Waals surface area contributed by atoms with Crippen molar-refractivity contribution < 1.29 is 0 Å². The molecule has 3 rings (SSSR count). The molecule has 1 heterocycles. The van der Waals surface area contributed by atoms with E-state index < -0.39 is 0 Å². The van der Waals surface area contributed by atoms with Gasteiger partial charge in [0.1, 0.15) is 5.82 Å². The number of aromatic nitrogens is 2. The van der Waals surface area contributed by atoms with Gasteiger partial charge in [0.25, 0.3) is 0 Å². The normalized spacial score (nSPS) is 13.3. The van der Waals surface area contributed by atoms with Crippen LogP contribution in [0.1, 0.15) is 41.3 Å². The molecule has 21 heavy (non-hydrogen) atoms. The van der Waals surface area contributed by atoms with Crippen LogP contribution in [0, 0.1) is 20.8 Å². The Morgan fingerprint density at radius 3 is 2.43 bits per heavy atom. The second-order valence-corrected chi connectivity index (χ2v) is 5.98. The molecule has 1 N–H and O–H groups in total. The summed E-state index contributed by atoms with van der Waals surface area (Å²) in [5.41, 5.74) is 7.55. The highest BCUT2D eigenvalue weighted by atomic mass is 15.0. The summed E-state index contributed by atoms with van der Waals surface area (Å²) in [7, 11) is 0. The number of anilines is 1. The van der Waals surface area contributed by atoms with Crippen molar-refractivity contribution in [2.24, 2.45) is 0 Å². The van der Waals surface area contributed by atoms with Gasteiger partial charge in [0.15, 0.2) is 5.82 Å². The molecular formula is C18H23N3. The summed E-state index contributed by atoms with van der Waals surface area (Å²) < 4.78 is 0. The predicted octanol–water partition coefficient (Wildman–Crippen LogP) is 3.99. The lowest BCUT2D eigenvalue weighted by Gasteiger charge is -2.14. The third kappa shape index (κ3) is 2.53. The van der Waals surface area contributed by atoms with Crippen molar-refractivity contribution in [1.29, 1.82) is 0 Å². The molecule has 0 unspecified atom stereocenters. The number of nitrogens with zero attached hydrogens (tertiary/aromatic N) is 2. The molecule has 0 spiro atoms. The van der Waals surface area contributed by atoms with Gasteiger partial charge in [-0.2, -0.15) is 0 Å². The number of hydrogen-bond donors (Lipinski definition) is 1. The zero-order chi connectivity index (χ0) is 15.0. The van der Waals surface area contributed by atoms with Crippen LogP contribution in [0.2, 0.25) is 0 Å². The first-order valence-electron chi connectivity index (χ1n) is 7.82. The lowest BCUT2D eigenvalue weighted by atomic mass is 9.99. The molecule has 0 saturated carbocycles. The van der Waals surface area contributed by atoms with Crippen molar-refractivity contribution in [2.45, 2.75) is 47.0 Å². The second kappa shape index (κ2) is 5.47. The van der Waals surface area contributed by atoms with E-state index in [0.29, 0.717) is 0 Å². The van der Waals surface area contributed by atoms with Crippen LogP contribution < -0.4 is 5.32 Å². The van der Waals surface area contributed by atoms with Crippen LogP contribution in [-0.2, 0) is 12.8 Å². The first-order valence-corrected chi connectivity index (χ1v) is 7.82. The number of benzene rings is 1. The molecule has 3 heteroatoms. The van der Waals surface area contributed by atoms with Gasteiger partial charge in [-0.1, -0.05) is 17.7 Å². The Labute approximate surface area is 126 Å². The molecule has 1 aliphatic carbocycles. The van der Waals surface area contributed by atoms with Crippen LogP contribution in [0.4, 0.5) is 5.82 Å². The van der Waals surface area contributed by atoms with E-state index in [1.165, 1.54) is 39.9 Å². The van der Waals surface area contributed by atoms with Crippen molar-refractivity contribution in [2.75, 3.05) is 11.9 Å². The van der Waals surface area contributed by atoms with Crippen LogP contribution in [-0.4, -0.2) is 16.5 Å². The second-order valence-electron chi connectivity index (χ2n) is 5.98. The summed E-state index contributed by atoms with van der Waals surface area (Å²) in [5.74, 6) is 1.91. The molecule has 0 amide bonds. The van der Waals surface area contributed by atoms with Gasteiger partial charge in [-0.25, -0.2) is 9.97 Å². The van der Waals surface area contributed by atoms with Crippen molar-refractivity contribution in [3.8, 4) is 11.4 Å². The largest absolute Gasteiger partial charge is 0.370 e. The molecular weight excluding hydrogens is 258 g/mol. The van der Waals surface area contributed by atoms with E-state index in [-0.39, 0.29) is 0 Å². The fourth-order valence-electron chi connectivity index (χ4n) is 3.39. The topological polar surface area (TPSA) is 37.8 Å². The van der Waals surface area contributed by atoms with Gasteiger partial charge >= 0.3 is 0 Å². The van der Waals surface area contributed by atoms with Gasteiger partial charge in [0.2, 0.25) is 0 Å². The number of nitrogens with one attached hydrogen (secondary N) is 1. The maximum absolute atomic E-state index is 4.87. The first-order chi connectivity index (χ1) is 10.1. The van der Waals surface area contributed by atoms with Crippen molar-refractivity contribution in [1.82, 2.24) is 9.97 Å². The summed E-state index contributed by atoms with van der Waals surface area (Å²) in [6.07, 6.45) is 3.37. The van der Waals surface area contributed by atoms with Crippen LogP contribution >= 0.6 is 0 Å². The van der Waals surface area contributed by atoms with Crippen LogP contribution in [0.25, 0.3) is 11.4 Å². The third-order valence-electron chi connectivity index (χ3n) is 4.18. The van der Waals surface area contributed by atoms with E-state index in [2.05, 4.69) is 45.1 Å². The average Bonchev–Trinajstić information content (AvgIpc) is 2.86. The molecule has 2 aromatic rings. The van der Waals surface area contributed by atoms with Crippen LogP contribution in [0.3, 0.4) is 0 Å². The molecule has 1 aliphatic rings. The number of hydrogen-bond acceptors (Lipinski definition) is 3. The molecule has 1 aromatic heterocycles. The quantitative estimate of drug-likeness (QED) is 0.924. The molecule has 0 atom stereocenters. The fraction of sp³-hybridized carbons (Fsp3) is 0.444. The van der Waals surface area contributed by atoms with Crippen molar-refractivity contribution >= 4 is 5.82 Å². The smallest absolute Gasteiger partial charge is 0.162 e. The average molecular weight is 281 g/mol. The van der Waals surface area contributed by atoms with E-state index in [9.17, 15) is 0 Å². The predicted molar refractivity (Wildman–Crippen MR) is 87.9 cm³/mol. The third-order valence-corrected chi connectivity index (χ3v) is 4.18. The van der Waals surface area contributed by atoms with Gasteiger partial charge in [-0.05, 0) is 58.1 Å². The summed E-state index contributed by atoms with van der Waals surface area (Å²) >= 11 is 0. The highest BCUT2D eigenvalue weighted by Crippen LogP contribution is 2.32. The molecule has 0 saturated heterocycles.